The van der Waals surface area contributed by atoms with Crippen molar-refractivity contribution in [2.75, 3.05) is 19.7 Å². The van der Waals surface area contributed by atoms with Gasteiger partial charge in [0.05, 0.1) is 22.9 Å². The number of hydrogen-bond donors (Lipinski definition) is 0. The van der Waals surface area contributed by atoms with Crippen molar-refractivity contribution < 1.29 is 17.9 Å². The van der Waals surface area contributed by atoms with E-state index in [0.29, 0.717) is 30.8 Å². The molecule has 0 N–H and O–H groups in total. The van der Waals surface area contributed by atoms with Crippen LogP contribution < -0.4 is 0 Å². The smallest absolute Gasteiger partial charge is 0.254 e. The third-order valence-electron chi connectivity index (χ3n) is 4.35. The van der Waals surface area contributed by atoms with Crippen molar-refractivity contribution in [3.8, 4) is 0 Å². The molecule has 138 valence electrons. The Morgan fingerprint density at radius 2 is 1.85 bits per heavy atom. The predicted octanol–water partition coefficient (Wildman–Crippen LogP) is 2.91. The van der Waals surface area contributed by atoms with Gasteiger partial charge in [-0.3, -0.25) is 4.79 Å². The van der Waals surface area contributed by atoms with Crippen LogP contribution in [0.15, 0.2) is 59.5 Å². The molecule has 1 fully saturated rings. The van der Waals surface area contributed by atoms with E-state index in [2.05, 4.69) is 0 Å². The second kappa shape index (κ2) is 7.21. The molecule has 0 atom stereocenters. The fourth-order valence-corrected chi connectivity index (χ4v) is 4.45. The number of ether oxygens (including phenoxy) is 1. The number of hydrogen-bond acceptors (Lipinski definition) is 4. The Labute approximate surface area is 154 Å². The molecule has 1 aliphatic heterocycles. The van der Waals surface area contributed by atoms with Gasteiger partial charge in [0.2, 0.25) is 0 Å². The Morgan fingerprint density at radius 3 is 2.54 bits per heavy atom. The largest absolute Gasteiger partial charge is 0.372 e. The number of rotatable bonds is 4. The Balaban J connectivity index is 1.79. The van der Waals surface area contributed by atoms with Crippen LogP contribution in [0.1, 0.15) is 29.8 Å². The van der Waals surface area contributed by atoms with Crippen molar-refractivity contribution >= 4 is 15.7 Å². The summed E-state index contributed by atoms with van der Waals surface area (Å²) >= 11 is 0. The van der Waals surface area contributed by atoms with Crippen LogP contribution in [0.5, 0.6) is 0 Å². The lowest BCUT2D eigenvalue weighted by molar-refractivity contribution is -0.0764. The topological polar surface area (TPSA) is 63.7 Å². The summed E-state index contributed by atoms with van der Waals surface area (Å²) in [5, 5.41) is 0. The number of sulfone groups is 1. The minimum atomic E-state index is -3.44. The maximum Gasteiger partial charge on any atom is 0.254 e. The highest BCUT2D eigenvalue weighted by molar-refractivity contribution is 7.90. The first-order valence-electron chi connectivity index (χ1n) is 8.57. The summed E-state index contributed by atoms with van der Waals surface area (Å²) in [7, 11) is -3.44. The van der Waals surface area contributed by atoms with E-state index in [4.69, 9.17) is 4.74 Å². The molecule has 6 heteroatoms. The van der Waals surface area contributed by atoms with Gasteiger partial charge >= 0.3 is 0 Å². The lowest BCUT2D eigenvalue weighted by Crippen LogP contribution is -2.50. The monoisotopic (exact) mass is 373 g/mol. The predicted molar refractivity (Wildman–Crippen MR) is 99.7 cm³/mol. The molecule has 1 saturated heterocycles. The molecule has 0 spiro atoms. The average molecular weight is 373 g/mol. The summed E-state index contributed by atoms with van der Waals surface area (Å²) in [6.07, 6.45) is 0. The van der Waals surface area contributed by atoms with Gasteiger partial charge in [0.1, 0.15) is 0 Å². The zero-order valence-corrected chi connectivity index (χ0v) is 15.8. The molecule has 0 aromatic heterocycles. The van der Waals surface area contributed by atoms with Crippen LogP contribution in [0.4, 0.5) is 0 Å². The molecule has 0 bridgehead atoms. The molecule has 0 unspecified atom stereocenters. The standard InChI is InChI=1S/C20H23NO4S/c1-20(2)15-21(11-12-25-20)19(22)17-8-6-7-16(13-17)14-26(23,24)18-9-4-3-5-10-18/h3-10,13H,11-12,14-15H2,1-2H3. The highest BCUT2D eigenvalue weighted by atomic mass is 32.2. The molecule has 0 radical (unpaired) electrons. The van der Waals surface area contributed by atoms with Gasteiger partial charge in [0, 0.05) is 18.7 Å². The Morgan fingerprint density at radius 1 is 1.12 bits per heavy atom. The molecule has 26 heavy (non-hydrogen) atoms. The lowest BCUT2D eigenvalue weighted by Gasteiger charge is -2.38. The molecule has 3 rings (SSSR count). The van der Waals surface area contributed by atoms with Gasteiger partial charge < -0.3 is 9.64 Å². The Hall–Kier alpha value is -2.18. The van der Waals surface area contributed by atoms with Crippen molar-refractivity contribution in [2.45, 2.75) is 30.1 Å². The van der Waals surface area contributed by atoms with Crippen LogP contribution in [0, 0.1) is 0 Å². The maximum absolute atomic E-state index is 12.8. The highest BCUT2D eigenvalue weighted by Gasteiger charge is 2.30. The van der Waals surface area contributed by atoms with Gasteiger partial charge in [-0.25, -0.2) is 8.42 Å². The van der Waals surface area contributed by atoms with E-state index in [1.807, 2.05) is 13.8 Å². The van der Waals surface area contributed by atoms with E-state index >= 15 is 0 Å². The van der Waals surface area contributed by atoms with Gasteiger partial charge in [-0.2, -0.15) is 0 Å². The van der Waals surface area contributed by atoms with Crippen molar-refractivity contribution in [3.63, 3.8) is 0 Å². The third kappa shape index (κ3) is 4.31. The van der Waals surface area contributed by atoms with Gasteiger partial charge in [-0.1, -0.05) is 30.3 Å². The van der Waals surface area contributed by atoms with E-state index < -0.39 is 9.84 Å². The summed E-state index contributed by atoms with van der Waals surface area (Å²) in [5.74, 6) is -0.229. The number of carbonyl (C=O) groups excluding carboxylic acids is 1. The first-order chi connectivity index (χ1) is 12.3. The summed E-state index contributed by atoms with van der Waals surface area (Å²) in [4.78, 5) is 14.8. The molecule has 2 aromatic rings. The van der Waals surface area contributed by atoms with Crippen LogP contribution >= 0.6 is 0 Å². The minimum Gasteiger partial charge on any atom is -0.372 e. The van der Waals surface area contributed by atoms with Gasteiger partial charge in [0.15, 0.2) is 9.84 Å². The number of morpholine rings is 1. The number of carbonyl (C=O) groups is 1. The quantitative estimate of drug-likeness (QED) is 0.827. The van der Waals surface area contributed by atoms with Crippen LogP contribution in [-0.4, -0.2) is 44.5 Å². The van der Waals surface area contributed by atoms with Crippen LogP contribution in [0.25, 0.3) is 0 Å². The fourth-order valence-electron chi connectivity index (χ4n) is 3.10. The minimum absolute atomic E-state index is 0.0969. The van der Waals surface area contributed by atoms with Crippen LogP contribution in [0.3, 0.4) is 0 Å². The maximum atomic E-state index is 12.8. The van der Waals surface area contributed by atoms with Crippen molar-refractivity contribution in [1.29, 1.82) is 0 Å². The van der Waals surface area contributed by atoms with E-state index in [0.717, 1.165) is 0 Å². The first kappa shape index (κ1) is 18.6. The van der Waals surface area contributed by atoms with E-state index in [9.17, 15) is 13.2 Å². The summed E-state index contributed by atoms with van der Waals surface area (Å²) in [6, 6.07) is 15.2. The second-order valence-electron chi connectivity index (χ2n) is 7.11. The van der Waals surface area contributed by atoms with Gasteiger partial charge in [-0.05, 0) is 43.7 Å². The SMILES string of the molecule is CC1(C)CN(C(=O)c2cccc(CS(=O)(=O)c3ccccc3)c2)CCO1. The molecule has 1 heterocycles. The van der Waals surface area contributed by atoms with Crippen molar-refractivity contribution in [1.82, 2.24) is 4.90 Å². The van der Waals surface area contributed by atoms with Gasteiger partial charge in [0.25, 0.3) is 5.91 Å². The third-order valence-corrected chi connectivity index (χ3v) is 6.05. The van der Waals surface area contributed by atoms with Crippen molar-refractivity contribution in [3.05, 3.63) is 65.7 Å². The molecule has 2 aromatic carbocycles. The average Bonchev–Trinajstić information content (AvgIpc) is 2.61. The zero-order chi connectivity index (χ0) is 18.8. The fraction of sp³-hybridized carbons (Fsp3) is 0.350. The molecular weight excluding hydrogens is 350 g/mol. The lowest BCUT2D eigenvalue weighted by atomic mass is 10.1. The van der Waals surface area contributed by atoms with Crippen LogP contribution in [-0.2, 0) is 20.3 Å². The molecule has 1 amide bonds. The summed E-state index contributed by atoms with van der Waals surface area (Å²) in [6.45, 7) is 5.46. The van der Waals surface area contributed by atoms with Crippen LogP contribution in [0.2, 0.25) is 0 Å². The highest BCUT2D eigenvalue weighted by Crippen LogP contribution is 2.21. The molecule has 0 saturated carbocycles. The second-order valence-corrected chi connectivity index (χ2v) is 9.10. The summed E-state index contributed by atoms with van der Waals surface area (Å²) < 4.78 is 30.8. The molecular formula is C20H23NO4S. The van der Waals surface area contributed by atoms with E-state index in [1.54, 1.807) is 59.5 Å². The van der Waals surface area contributed by atoms with Gasteiger partial charge in [-0.15, -0.1) is 0 Å². The molecule has 1 aliphatic rings. The summed E-state index contributed by atoms with van der Waals surface area (Å²) in [5.41, 5.74) is 0.734. The normalized spacial score (nSPS) is 17.1. The molecule has 5 nitrogen and oxygen atoms in total. The van der Waals surface area contributed by atoms with E-state index in [-0.39, 0.29) is 22.2 Å². The number of nitrogens with zero attached hydrogens (tertiary/aromatic N) is 1. The first-order valence-corrected chi connectivity index (χ1v) is 10.2. The number of amides is 1. The van der Waals surface area contributed by atoms with E-state index in [1.165, 1.54) is 0 Å². The number of benzene rings is 2. The zero-order valence-electron chi connectivity index (χ0n) is 15.0. The van der Waals surface area contributed by atoms with Crippen molar-refractivity contribution in [2.24, 2.45) is 0 Å². The Kier molecular flexibility index (Phi) is 5.16. The Bertz CT molecular complexity index is 891. The molecule has 0 aliphatic carbocycles.